The molecule has 13 heavy (non-hydrogen) atoms. The van der Waals surface area contributed by atoms with Gasteiger partial charge < -0.3 is 9.15 Å². The molecule has 70 valence electrons. The Kier molecular flexibility index (Phi) is 2.19. The second-order valence-corrected chi connectivity index (χ2v) is 3.30. The molecule has 1 fully saturated rings. The lowest BCUT2D eigenvalue weighted by molar-refractivity contribution is -0.129. The first kappa shape index (κ1) is 8.51. The minimum absolute atomic E-state index is 0.157. The van der Waals surface area contributed by atoms with Crippen molar-refractivity contribution in [1.82, 2.24) is 0 Å². The zero-order chi connectivity index (χ0) is 9.26. The van der Waals surface area contributed by atoms with Crippen LogP contribution < -0.4 is 0 Å². The third-order valence-electron chi connectivity index (χ3n) is 2.19. The van der Waals surface area contributed by atoms with E-state index in [0.717, 1.165) is 11.5 Å². The number of aryl methyl sites for hydroxylation is 1. The Labute approximate surface area is 76.7 Å². The number of Topliss-reactive ketones (excluding diaryl/α,β-unsaturated/α-hetero) is 1. The van der Waals surface area contributed by atoms with Gasteiger partial charge in [-0.15, -0.1) is 0 Å². The lowest BCUT2D eigenvalue weighted by atomic mass is 10.1. The van der Waals surface area contributed by atoms with Gasteiger partial charge in [0.25, 0.3) is 0 Å². The summed E-state index contributed by atoms with van der Waals surface area (Å²) in [5, 5.41) is 0. The summed E-state index contributed by atoms with van der Waals surface area (Å²) in [6, 6.07) is 3.76. The van der Waals surface area contributed by atoms with Gasteiger partial charge in [-0.05, 0) is 19.1 Å². The van der Waals surface area contributed by atoms with Crippen LogP contribution in [0.15, 0.2) is 16.5 Å². The highest BCUT2D eigenvalue weighted by molar-refractivity contribution is 5.79. The first-order valence-corrected chi connectivity index (χ1v) is 4.45. The minimum Gasteiger partial charge on any atom is -0.464 e. The van der Waals surface area contributed by atoms with Crippen LogP contribution in [0, 0.1) is 6.92 Å². The van der Waals surface area contributed by atoms with E-state index in [9.17, 15) is 4.79 Å². The molecule has 1 aromatic rings. The van der Waals surface area contributed by atoms with Gasteiger partial charge in [-0.25, -0.2) is 0 Å². The van der Waals surface area contributed by atoms with Crippen molar-refractivity contribution in [2.45, 2.75) is 25.9 Å². The number of furan rings is 1. The summed E-state index contributed by atoms with van der Waals surface area (Å²) < 4.78 is 10.8. The van der Waals surface area contributed by atoms with E-state index in [2.05, 4.69) is 0 Å². The number of hydrogen-bond acceptors (Lipinski definition) is 3. The van der Waals surface area contributed by atoms with Crippen LogP contribution in [0.4, 0.5) is 0 Å². The summed E-state index contributed by atoms with van der Waals surface area (Å²) in [5.41, 5.74) is 0. The fourth-order valence-electron chi connectivity index (χ4n) is 1.49. The molecule has 2 heterocycles. The van der Waals surface area contributed by atoms with Gasteiger partial charge in [0.05, 0.1) is 6.61 Å². The maximum atomic E-state index is 11.1. The molecule has 0 radical (unpaired) electrons. The topological polar surface area (TPSA) is 39.4 Å². The summed E-state index contributed by atoms with van der Waals surface area (Å²) in [6.07, 6.45) is 0.832. The molecule has 0 aromatic carbocycles. The van der Waals surface area contributed by atoms with Crippen LogP contribution in [0.25, 0.3) is 0 Å². The van der Waals surface area contributed by atoms with Crippen molar-refractivity contribution in [1.29, 1.82) is 0 Å². The molecule has 1 aliphatic rings. The molecule has 1 aromatic heterocycles. The monoisotopic (exact) mass is 180 g/mol. The third-order valence-corrected chi connectivity index (χ3v) is 2.19. The van der Waals surface area contributed by atoms with Crippen LogP contribution in [-0.4, -0.2) is 12.4 Å². The van der Waals surface area contributed by atoms with Crippen molar-refractivity contribution in [3.63, 3.8) is 0 Å². The molecular formula is C10H12O3. The van der Waals surface area contributed by atoms with Gasteiger partial charge in [0.1, 0.15) is 23.4 Å². The van der Waals surface area contributed by atoms with Crippen LogP contribution in [0.3, 0.4) is 0 Å². The summed E-state index contributed by atoms with van der Waals surface area (Å²) in [5.74, 6) is 1.88. The highest BCUT2D eigenvalue weighted by atomic mass is 16.5. The molecule has 0 amide bonds. The molecule has 3 nitrogen and oxygen atoms in total. The Bertz CT molecular complexity index is 314. The summed E-state index contributed by atoms with van der Waals surface area (Å²) >= 11 is 0. The number of carbonyl (C=O) groups is 1. The zero-order valence-electron chi connectivity index (χ0n) is 7.58. The maximum Gasteiger partial charge on any atom is 0.138 e. The molecule has 3 heteroatoms. The zero-order valence-corrected chi connectivity index (χ0v) is 7.58. The lowest BCUT2D eigenvalue weighted by Gasteiger charge is -2.19. The van der Waals surface area contributed by atoms with Crippen LogP contribution in [0.5, 0.6) is 0 Å². The van der Waals surface area contributed by atoms with Crippen LogP contribution >= 0.6 is 0 Å². The van der Waals surface area contributed by atoms with Gasteiger partial charge in [-0.1, -0.05) is 0 Å². The second-order valence-electron chi connectivity index (χ2n) is 3.30. The largest absolute Gasteiger partial charge is 0.464 e. The molecule has 1 unspecified atom stereocenters. The molecule has 2 rings (SSSR count). The normalized spacial score (nSPS) is 23.5. The van der Waals surface area contributed by atoms with E-state index in [0.29, 0.717) is 19.4 Å². The first-order valence-electron chi connectivity index (χ1n) is 4.45. The average molecular weight is 180 g/mol. The Hall–Kier alpha value is -1.09. The van der Waals surface area contributed by atoms with E-state index in [1.807, 2.05) is 19.1 Å². The van der Waals surface area contributed by atoms with Gasteiger partial charge >= 0.3 is 0 Å². The smallest absolute Gasteiger partial charge is 0.138 e. The molecular weight excluding hydrogens is 168 g/mol. The summed E-state index contributed by atoms with van der Waals surface area (Å²) in [6.45, 7) is 2.40. The lowest BCUT2D eigenvalue weighted by Crippen LogP contribution is -2.18. The Morgan fingerprint density at radius 2 is 2.31 bits per heavy atom. The second kappa shape index (κ2) is 3.34. The Morgan fingerprint density at radius 3 is 2.92 bits per heavy atom. The quantitative estimate of drug-likeness (QED) is 0.663. The number of carbonyl (C=O) groups excluding carboxylic acids is 1. The molecule has 1 atom stereocenters. The van der Waals surface area contributed by atoms with E-state index in [4.69, 9.17) is 9.15 Å². The molecule has 0 N–H and O–H groups in total. The first-order chi connectivity index (χ1) is 6.25. The Balaban J connectivity index is 2.12. The summed E-state index contributed by atoms with van der Waals surface area (Å²) in [7, 11) is 0. The van der Waals surface area contributed by atoms with Crippen molar-refractivity contribution in [3.05, 3.63) is 23.7 Å². The van der Waals surface area contributed by atoms with E-state index >= 15 is 0 Å². The van der Waals surface area contributed by atoms with Gasteiger partial charge in [0.2, 0.25) is 0 Å². The molecule has 0 aliphatic carbocycles. The van der Waals surface area contributed by atoms with E-state index < -0.39 is 0 Å². The van der Waals surface area contributed by atoms with Crippen molar-refractivity contribution >= 4 is 5.78 Å². The van der Waals surface area contributed by atoms with Crippen molar-refractivity contribution in [2.24, 2.45) is 0 Å². The van der Waals surface area contributed by atoms with E-state index in [1.165, 1.54) is 0 Å². The van der Waals surface area contributed by atoms with E-state index in [1.54, 1.807) is 0 Å². The highest BCUT2D eigenvalue weighted by Crippen LogP contribution is 2.27. The van der Waals surface area contributed by atoms with Gasteiger partial charge in [0, 0.05) is 12.8 Å². The van der Waals surface area contributed by atoms with Crippen molar-refractivity contribution in [3.8, 4) is 0 Å². The minimum atomic E-state index is -0.157. The van der Waals surface area contributed by atoms with Crippen molar-refractivity contribution < 1.29 is 13.9 Å². The summed E-state index contributed by atoms with van der Waals surface area (Å²) in [4.78, 5) is 11.1. The molecule has 0 spiro atoms. The van der Waals surface area contributed by atoms with Gasteiger partial charge in [-0.3, -0.25) is 4.79 Å². The number of ketones is 1. The number of ether oxygens (including phenoxy) is 1. The molecule has 0 saturated carbocycles. The predicted octanol–water partition coefficient (Wildman–Crippen LogP) is 2.01. The number of hydrogen-bond donors (Lipinski definition) is 0. The van der Waals surface area contributed by atoms with Gasteiger partial charge in [0.15, 0.2) is 0 Å². The fraction of sp³-hybridized carbons (Fsp3) is 0.500. The maximum absolute atomic E-state index is 11.1. The predicted molar refractivity (Wildman–Crippen MR) is 46.4 cm³/mol. The Morgan fingerprint density at radius 1 is 1.46 bits per heavy atom. The third kappa shape index (κ3) is 1.80. The molecule has 0 bridgehead atoms. The van der Waals surface area contributed by atoms with Crippen LogP contribution in [0.1, 0.15) is 30.5 Å². The SMILES string of the molecule is Cc1ccc(C2CC(=O)CCO2)o1. The van der Waals surface area contributed by atoms with E-state index in [-0.39, 0.29) is 11.9 Å². The van der Waals surface area contributed by atoms with Crippen LogP contribution in [-0.2, 0) is 9.53 Å². The fourth-order valence-corrected chi connectivity index (χ4v) is 1.49. The average Bonchev–Trinajstić information content (AvgIpc) is 2.52. The molecule has 1 saturated heterocycles. The molecule has 1 aliphatic heterocycles. The van der Waals surface area contributed by atoms with Crippen molar-refractivity contribution in [2.75, 3.05) is 6.61 Å². The standard InChI is InChI=1S/C10H12O3/c1-7-2-3-9(13-7)10-6-8(11)4-5-12-10/h2-3,10H,4-6H2,1H3. The highest BCUT2D eigenvalue weighted by Gasteiger charge is 2.23. The van der Waals surface area contributed by atoms with Crippen LogP contribution in [0.2, 0.25) is 0 Å². The van der Waals surface area contributed by atoms with Gasteiger partial charge in [-0.2, -0.15) is 0 Å². The number of rotatable bonds is 1.